The zero-order valence-electron chi connectivity index (χ0n) is 16.2. The van der Waals surface area contributed by atoms with Gasteiger partial charge in [0, 0.05) is 22.8 Å². The molecule has 3 rings (SSSR count). The topological polar surface area (TPSA) is 121 Å². The van der Waals surface area contributed by atoms with Crippen molar-refractivity contribution in [2.75, 3.05) is 14.8 Å². The van der Waals surface area contributed by atoms with Gasteiger partial charge < -0.3 is 5.32 Å². The van der Waals surface area contributed by atoms with Gasteiger partial charge in [-0.25, -0.2) is 16.8 Å². The zero-order valence-corrected chi connectivity index (χ0v) is 19.4. The number of amides is 1. The van der Waals surface area contributed by atoms with Gasteiger partial charge in [-0.15, -0.1) is 0 Å². The summed E-state index contributed by atoms with van der Waals surface area (Å²) in [5.74, 6) is -0.275. The third kappa shape index (κ3) is 6.06. The lowest BCUT2D eigenvalue weighted by molar-refractivity contribution is -0.114. The predicted octanol–water partition coefficient (Wildman–Crippen LogP) is 4.01. The molecule has 0 aliphatic heterocycles. The Morgan fingerprint density at radius 1 is 0.710 bits per heavy atom. The third-order valence-electron chi connectivity index (χ3n) is 3.98. The summed E-state index contributed by atoms with van der Waals surface area (Å²) in [6.07, 6.45) is 0. The standard InChI is InChI=1S/C20H18BrN3O5S2/c1-14(25)22-16-9-11-19(12-10-16)30(26,27)24-18-3-2-4-20(13-18)31(28,29)23-17-7-5-15(21)6-8-17/h2-13,23-24H,1H3,(H,22,25). The molecular weight excluding hydrogens is 506 g/mol. The van der Waals surface area contributed by atoms with E-state index < -0.39 is 20.0 Å². The van der Waals surface area contributed by atoms with Crippen LogP contribution in [-0.2, 0) is 24.8 Å². The molecule has 0 aromatic heterocycles. The van der Waals surface area contributed by atoms with Crippen LogP contribution in [-0.4, -0.2) is 22.7 Å². The van der Waals surface area contributed by atoms with Crippen molar-refractivity contribution in [1.29, 1.82) is 0 Å². The number of hydrogen-bond donors (Lipinski definition) is 3. The van der Waals surface area contributed by atoms with Crippen LogP contribution < -0.4 is 14.8 Å². The van der Waals surface area contributed by atoms with E-state index in [4.69, 9.17) is 0 Å². The molecule has 0 atom stereocenters. The van der Waals surface area contributed by atoms with Crippen LogP contribution >= 0.6 is 15.9 Å². The Labute approximate surface area is 188 Å². The maximum atomic E-state index is 12.7. The molecule has 11 heteroatoms. The normalized spacial score (nSPS) is 11.5. The van der Waals surface area contributed by atoms with E-state index in [0.717, 1.165) is 4.47 Å². The van der Waals surface area contributed by atoms with Gasteiger partial charge in [0.25, 0.3) is 20.0 Å². The summed E-state index contributed by atoms with van der Waals surface area (Å²) in [7, 11) is -7.89. The molecule has 8 nitrogen and oxygen atoms in total. The van der Waals surface area contributed by atoms with E-state index in [2.05, 4.69) is 30.7 Å². The van der Waals surface area contributed by atoms with Crippen molar-refractivity contribution in [2.24, 2.45) is 0 Å². The lowest BCUT2D eigenvalue weighted by Crippen LogP contribution is -2.15. The summed E-state index contributed by atoms with van der Waals surface area (Å²) in [5.41, 5.74) is 0.914. The van der Waals surface area contributed by atoms with Gasteiger partial charge in [0.2, 0.25) is 5.91 Å². The highest BCUT2D eigenvalue weighted by molar-refractivity contribution is 9.10. The van der Waals surface area contributed by atoms with Gasteiger partial charge in [-0.3, -0.25) is 14.2 Å². The minimum absolute atomic E-state index is 0.0390. The highest BCUT2D eigenvalue weighted by atomic mass is 79.9. The molecular formula is C20H18BrN3O5S2. The average Bonchev–Trinajstić information content (AvgIpc) is 2.69. The first kappa shape index (κ1) is 22.8. The highest BCUT2D eigenvalue weighted by Gasteiger charge is 2.18. The van der Waals surface area contributed by atoms with Crippen LogP contribution in [0.1, 0.15) is 6.92 Å². The molecule has 3 aromatic carbocycles. The van der Waals surface area contributed by atoms with Crippen LogP contribution in [0.2, 0.25) is 0 Å². The summed E-state index contributed by atoms with van der Waals surface area (Å²) in [6, 6.07) is 17.6. The summed E-state index contributed by atoms with van der Waals surface area (Å²) in [6.45, 7) is 1.35. The third-order valence-corrected chi connectivity index (χ3v) is 7.28. The first-order valence-electron chi connectivity index (χ1n) is 8.84. The van der Waals surface area contributed by atoms with E-state index in [-0.39, 0.29) is 21.4 Å². The number of halogens is 1. The van der Waals surface area contributed by atoms with E-state index in [0.29, 0.717) is 11.4 Å². The molecule has 0 aliphatic rings. The van der Waals surface area contributed by atoms with Crippen LogP contribution in [0.15, 0.2) is 87.1 Å². The van der Waals surface area contributed by atoms with E-state index >= 15 is 0 Å². The molecule has 0 saturated carbocycles. The van der Waals surface area contributed by atoms with Gasteiger partial charge >= 0.3 is 0 Å². The molecule has 0 aliphatic carbocycles. The predicted molar refractivity (Wildman–Crippen MR) is 123 cm³/mol. The maximum absolute atomic E-state index is 12.7. The lowest BCUT2D eigenvalue weighted by Gasteiger charge is -2.12. The fourth-order valence-electron chi connectivity index (χ4n) is 2.59. The summed E-state index contributed by atoms with van der Waals surface area (Å²) >= 11 is 3.28. The Balaban J connectivity index is 1.80. The number of rotatable bonds is 7. The molecule has 0 fully saturated rings. The minimum Gasteiger partial charge on any atom is -0.326 e. The number of carbonyl (C=O) groups excluding carboxylic acids is 1. The number of sulfonamides is 2. The largest absolute Gasteiger partial charge is 0.326 e. The first-order valence-corrected chi connectivity index (χ1v) is 12.6. The van der Waals surface area contributed by atoms with Crippen LogP contribution in [0, 0.1) is 0 Å². The number of hydrogen-bond acceptors (Lipinski definition) is 5. The molecule has 0 radical (unpaired) electrons. The Morgan fingerprint density at radius 3 is 1.87 bits per heavy atom. The SMILES string of the molecule is CC(=O)Nc1ccc(S(=O)(=O)Nc2cccc(S(=O)(=O)Nc3ccc(Br)cc3)c2)cc1. The lowest BCUT2D eigenvalue weighted by atomic mass is 10.3. The zero-order chi connectivity index (χ0) is 22.6. The van der Waals surface area contributed by atoms with Gasteiger partial charge in [-0.2, -0.15) is 0 Å². The molecule has 0 saturated heterocycles. The molecule has 0 bridgehead atoms. The quantitative estimate of drug-likeness (QED) is 0.431. The van der Waals surface area contributed by atoms with Crippen molar-refractivity contribution in [3.05, 3.63) is 77.3 Å². The number of nitrogens with one attached hydrogen (secondary N) is 3. The molecule has 0 unspecified atom stereocenters. The Morgan fingerprint density at radius 2 is 1.26 bits per heavy atom. The van der Waals surface area contributed by atoms with Crippen LogP contribution in [0.25, 0.3) is 0 Å². The number of anilines is 3. The van der Waals surface area contributed by atoms with Crippen LogP contribution in [0.5, 0.6) is 0 Å². The fourth-order valence-corrected chi connectivity index (χ4v) is 5.01. The highest BCUT2D eigenvalue weighted by Crippen LogP contribution is 2.23. The van der Waals surface area contributed by atoms with Gasteiger partial charge in [0.1, 0.15) is 0 Å². The van der Waals surface area contributed by atoms with Crippen molar-refractivity contribution < 1.29 is 21.6 Å². The second kappa shape index (κ2) is 9.08. The number of benzene rings is 3. The van der Waals surface area contributed by atoms with E-state index in [9.17, 15) is 21.6 Å². The van der Waals surface area contributed by atoms with Gasteiger partial charge in [-0.1, -0.05) is 22.0 Å². The van der Waals surface area contributed by atoms with E-state index in [1.54, 1.807) is 24.3 Å². The van der Waals surface area contributed by atoms with Crippen LogP contribution in [0.3, 0.4) is 0 Å². The second-order valence-electron chi connectivity index (χ2n) is 6.45. The van der Waals surface area contributed by atoms with Crippen LogP contribution in [0.4, 0.5) is 17.1 Å². The molecule has 31 heavy (non-hydrogen) atoms. The summed E-state index contributed by atoms with van der Waals surface area (Å²) in [5, 5.41) is 2.55. The molecule has 0 heterocycles. The van der Waals surface area contributed by atoms with Crippen molar-refractivity contribution in [1.82, 2.24) is 0 Å². The molecule has 0 spiro atoms. The van der Waals surface area contributed by atoms with Crippen molar-refractivity contribution in [2.45, 2.75) is 16.7 Å². The molecule has 3 N–H and O–H groups in total. The summed E-state index contributed by atoms with van der Waals surface area (Å²) in [4.78, 5) is 10.9. The molecule has 3 aromatic rings. The van der Waals surface area contributed by atoms with Crippen molar-refractivity contribution in [3.63, 3.8) is 0 Å². The minimum atomic E-state index is -3.97. The fraction of sp³-hybridized carbons (Fsp3) is 0.0500. The second-order valence-corrected chi connectivity index (χ2v) is 10.7. The van der Waals surface area contributed by atoms with Gasteiger partial charge in [0.05, 0.1) is 15.5 Å². The Bertz CT molecular complexity index is 1310. The smallest absolute Gasteiger partial charge is 0.261 e. The molecule has 1 amide bonds. The first-order chi connectivity index (χ1) is 14.5. The van der Waals surface area contributed by atoms with Crippen molar-refractivity contribution in [3.8, 4) is 0 Å². The van der Waals surface area contributed by atoms with Gasteiger partial charge in [0.15, 0.2) is 0 Å². The van der Waals surface area contributed by atoms with Gasteiger partial charge in [-0.05, 0) is 66.7 Å². The summed E-state index contributed by atoms with van der Waals surface area (Å²) < 4.78 is 56.2. The van der Waals surface area contributed by atoms with Crippen molar-refractivity contribution >= 4 is 58.9 Å². The van der Waals surface area contributed by atoms with E-state index in [1.807, 2.05) is 0 Å². The molecule has 162 valence electrons. The maximum Gasteiger partial charge on any atom is 0.261 e. The van der Waals surface area contributed by atoms with E-state index in [1.165, 1.54) is 55.5 Å². The monoisotopic (exact) mass is 523 g/mol. The Hall–Kier alpha value is -2.89. The number of carbonyl (C=O) groups is 1. The Kier molecular flexibility index (Phi) is 6.68. The average molecular weight is 524 g/mol.